The molecule has 0 unspecified atom stereocenters. The van der Waals surface area contributed by atoms with Gasteiger partial charge in [-0.25, -0.2) is 0 Å². The molecule has 0 fully saturated rings. The van der Waals surface area contributed by atoms with Crippen LogP contribution in [0.25, 0.3) is 0 Å². The third kappa shape index (κ3) is 4.84. The fraction of sp³-hybridized carbons (Fsp3) is 1.00. The molecule has 18 heteroatoms. The van der Waals surface area contributed by atoms with Crippen molar-refractivity contribution in [1.29, 1.82) is 0 Å². The zero-order chi connectivity index (χ0) is 26.2. The highest BCUT2D eigenvalue weighted by Crippen LogP contribution is 2.64. The SMILES string of the molecule is FC(F)(F)C(F)(F)C(F)(F)C(F)(F)C(F)(F)C(F)(F)C(F)(F)C(F)(F)CCCCCCI. The van der Waals surface area contributed by atoms with E-state index in [1.807, 2.05) is 0 Å². The van der Waals surface area contributed by atoms with Crippen molar-refractivity contribution >= 4 is 22.6 Å². The van der Waals surface area contributed by atoms with E-state index in [0.717, 1.165) is 0 Å². The Labute approximate surface area is 182 Å². The Balaban J connectivity index is 6.25. The molecule has 0 bridgehead atoms. The van der Waals surface area contributed by atoms with Crippen LogP contribution in [-0.2, 0) is 0 Å². The highest BCUT2D eigenvalue weighted by Gasteiger charge is 2.95. The largest absolute Gasteiger partial charge is 0.460 e. The lowest BCUT2D eigenvalue weighted by molar-refractivity contribution is -0.461. The highest BCUT2D eigenvalue weighted by molar-refractivity contribution is 14.1. The molecular weight excluding hydrogens is 618 g/mol. The molecular formula is C14H12F17I. The Bertz CT molecular complexity index is 621. The predicted octanol–water partition coefficient (Wildman–Crippen LogP) is 8.38. The van der Waals surface area contributed by atoms with Gasteiger partial charge in [-0.2, -0.15) is 74.6 Å². The van der Waals surface area contributed by atoms with Gasteiger partial charge in [0.05, 0.1) is 0 Å². The maximum absolute atomic E-state index is 13.5. The van der Waals surface area contributed by atoms with Gasteiger partial charge in [-0.1, -0.05) is 35.4 Å². The molecule has 0 saturated heterocycles. The Morgan fingerprint density at radius 1 is 0.375 bits per heavy atom. The van der Waals surface area contributed by atoms with Gasteiger partial charge in [-0.3, -0.25) is 0 Å². The van der Waals surface area contributed by atoms with Crippen LogP contribution in [0.2, 0.25) is 0 Å². The van der Waals surface area contributed by atoms with Crippen molar-refractivity contribution in [1.82, 2.24) is 0 Å². The maximum atomic E-state index is 13.5. The highest BCUT2D eigenvalue weighted by atomic mass is 127. The summed E-state index contributed by atoms with van der Waals surface area (Å²) in [6, 6.07) is 0. The Morgan fingerprint density at radius 3 is 1.03 bits per heavy atom. The van der Waals surface area contributed by atoms with Gasteiger partial charge < -0.3 is 0 Å². The number of rotatable bonds is 12. The molecule has 0 amide bonds. The molecule has 0 saturated carbocycles. The molecule has 0 aromatic heterocycles. The second-order valence-corrected chi connectivity index (χ2v) is 7.58. The van der Waals surface area contributed by atoms with Crippen molar-refractivity contribution in [2.45, 2.75) is 79.7 Å². The first-order valence-electron chi connectivity index (χ1n) is 8.08. The molecule has 0 spiro atoms. The van der Waals surface area contributed by atoms with Crippen molar-refractivity contribution in [3.63, 3.8) is 0 Å². The zero-order valence-electron chi connectivity index (χ0n) is 15.0. The van der Waals surface area contributed by atoms with Crippen molar-refractivity contribution in [3.05, 3.63) is 0 Å². The summed E-state index contributed by atoms with van der Waals surface area (Å²) < 4.78 is 222. The van der Waals surface area contributed by atoms with E-state index in [0.29, 0.717) is 10.8 Å². The van der Waals surface area contributed by atoms with Crippen molar-refractivity contribution in [2.75, 3.05) is 4.43 Å². The lowest BCUT2D eigenvalue weighted by atomic mass is 9.88. The molecule has 0 aliphatic rings. The Hall–Kier alpha value is -0.460. The maximum Gasteiger partial charge on any atom is 0.460 e. The average molecular weight is 630 g/mol. The van der Waals surface area contributed by atoms with Crippen LogP contribution in [0.3, 0.4) is 0 Å². The molecule has 32 heavy (non-hydrogen) atoms. The number of hydrogen-bond donors (Lipinski definition) is 0. The van der Waals surface area contributed by atoms with Gasteiger partial charge >= 0.3 is 47.6 Å². The molecule has 0 nitrogen and oxygen atoms in total. The quantitative estimate of drug-likeness (QED) is 0.0881. The minimum Gasteiger partial charge on any atom is -0.200 e. The normalized spacial score (nSPS) is 15.9. The van der Waals surface area contributed by atoms with Crippen LogP contribution in [0.15, 0.2) is 0 Å². The average Bonchev–Trinajstić information content (AvgIpc) is 2.59. The van der Waals surface area contributed by atoms with Gasteiger partial charge in [0.15, 0.2) is 0 Å². The van der Waals surface area contributed by atoms with Crippen LogP contribution in [0.1, 0.15) is 32.1 Å². The first-order chi connectivity index (χ1) is 13.8. The third-order valence-corrected chi connectivity index (χ3v) is 4.92. The zero-order valence-corrected chi connectivity index (χ0v) is 17.2. The fourth-order valence-corrected chi connectivity index (χ4v) is 2.69. The third-order valence-electron chi connectivity index (χ3n) is 4.16. The van der Waals surface area contributed by atoms with Gasteiger partial charge in [0, 0.05) is 6.42 Å². The summed E-state index contributed by atoms with van der Waals surface area (Å²) in [7, 11) is 0. The number of halogens is 18. The van der Waals surface area contributed by atoms with E-state index in [1.165, 1.54) is 0 Å². The van der Waals surface area contributed by atoms with E-state index in [-0.39, 0.29) is 12.8 Å². The van der Waals surface area contributed by atoms with Gasteiger partial charge in [-0.15, -0.1) is 0 Å². The van der Waals surface area contributed by atoms with Gasteiger partial charge in [0.1, 0.15) is 0 Å². The second kappa shape index (κ2) is 9.30. The van der Waals surface area contributed by atoms with E-state index in [1.54, 1.807) is 22.6 Å². The lowest BCUT2D eigenvalue weighted by Gasteiger charge is -2.42. The molecule has 194 valence electrons. The van der Waals surface area contributed by atoms with Gasteiger partial charge in [0.25, 0.3) is 0 Å². The van der Waals surface area contributed by atoms with Crippen LogP contribution in [0, 0.1) is 0 Å². The van der Waals surface area contributed by atoms with Crippen LogP contribution in [0.5, 0.6) is 0 Å². The van der Waals surface area contributed by atoms with Crippen LogP contribution >= 0.6 is 22.6 Å². The minimum absolute atomic E-state index is 0.0635. The molecule has 0 rings (SSSR count). The van der Waals surface area contributed by atoms with Gasteiger partial charge in [-0.05, 0) is 17.3 Å². The summed E-state index contributed by atoms with van der Waals surface area (Å²) in [4.78, 5) is 0. The summed E-state index contributed by atoms with van der Waals surface area (Å²) in [6.45, 7) is 0. The topological polar surface area (TPSA) is 0 Å². The molecule has 0 heterocycles. The molecule has 0 aromatic carbocycles. The van der Waals surface area contributed by atoms with Crippen LogP contribution < -0.4 is 0 Å². The summed E-state index contributed by atoms with van der Waals surface area (Å²) in [5.41, 5.74) is 0. The van der Waals surface area contributed by atoms with Crippen molar-refractivity contribution in [3.8, 4) is 0 Å². The number of unbranched alkanes of at least 4 members (excludes halogenated alkanes) is 3. The summed E-state index contributed by atoms with van der Waals surface area (Å²) in [5, 5.41) is 0. The van der Waals surface area contributed by atoms with E-state index < -0.39 is 60.5 Å². The molecule has 0 N–H and O–H groups in total. The van der Waals surface area contributed by atoms with E-state index >= 15 is 0 Å². The second-order valence-electron chi connectivity index (χ2n) is 6.50. The predicted molar refractivity (Wildman–Crippen MR) is 82.7 cm³/mol. The molecule has 0 aliphatic carbocycles. The monoisotopic (exact) mass is 630 g/mol. The first kappa shape index (κ1) is 31.5. The molecule has 0 radical (unpaired) electrons. The number of hydrogen-bond acceptors (Lipinski definition) is 0. The van der Waals surface area contributed by atoms with E-state index in [9.17, 15) is 74.6 Å². The Morgan fingerprint density at radius 2 is 0.688 bits per heavy atom. The van der Waals surface area contributed by atoms with E-state index in [2.05, 4.69) is 0 Å². The summed E-state index contributed by atoms with van der Waals surface area (Å²) in [5.74, 6) is -55.7. The van der Waals surface area contributed by atoms with Crippen LogP contribution in [-0.4, -0.2) is 52.1 Å². The summed E-state index contributed by atoms with van der Waals surface area (Å²) in [6.07, 6.45) is -11.1. The molecule has 0 aliphatic heterocycles. The van der Waals surface area contributed by atoms with Crippen molar-refractivity contribution in [2.24, 2.45) is 0 Å². The summed E-state index contributed by atoms with van der Waals surface area (Å²) >= 11 is 1.80. The molecule has 0 aromatic rings. The first-order valence-corrected chi connectivity index (χ1v) is 9.61. The lowest BCUT2D eigenvalue weighted by Crippen LogP contribution is -2.74. The van der Waals surface area contributed by atoms with E-state index in [4.69, 9.17) is 0 Å². The number of alkyl halides is 18. The van der Waals surface area contributed by atoms with Crippen molar-refractivity contribution < 1.29 is 74.6 Å². The van der Waals surface area contributed by atoms with Gasteiger partial charge in [0.2, 0.25) is 0 Å². The minimum atomic E-state index is -8.57. The smallest absolute Gasteiger partial charge is 0.200 e. The fourth-order valence-electron chi connectivity index (χ4n) is 2.15. The standard InChI is InChI=1S/C14H12F17I/c15-7(16,5-3-1-2-4-6-32)8(17,18)9(19,20)10(21,22)11(23,24)12(25,26)13(27,28)14(29,30)31/h1-6H2. The Kier molecular flexibility index (Phi) is 9.16. The molecule has 0 atom stereocenters. The van der Waals surface area contributed by atoms with Crippen LogP contribution in [0.4, 0.5) is 74.6 Å².